The average Bonchev–Trinajstić information content (AvgIpc) is 2.72. The number of fused-ring (bicyclic) bond motifs is 1. The fourth-order valence-electron chi connectivity index (χ4n) is 3.05. The number of rotatable bonds is 2. The second-order valence-electron chi connectivity index (χ2n) is 6.88. The van der Waals surface area contributed by atoms with Crippen molar-refractivity contribution in [2.45, 2.75) is 45.7 Å². The summed E-state index contributed by atoms with van der Waals surface area (Å²) in [6, 6.07) is -0.00854. The Morgan fingerprint density at radius 2 is 1.95 bits per heavy atom. The lowest BCUT2D eigenvalue weighted by Gasteiger charge is -2.38. The number of nitrogens with one attached hydrogen (secondary N) is 2. The van der Waals surface area contributed by atoms with Crippen molar-refractivity contribution in [1.29, 1.82) is 0 Å². The van der Waals surface area contributed by atoms with Gasteiger partial charge in [-0.1, -0.05) is 0 Å². The minimum atomic E-state index is -0.140. The second-order valence-corrected chi connectivity index (χ2v) is 6.88. The van der Waals surface area contributed by atoms with Gasteiger partial charge in [-0.2, -0.15) is 0 Å². The molecule has 0 radical (unpaired) electrons. The van der Waals surface area contributed by atoms with Gasteiger partial charge in [-0.15, -0.1) is 12.4 Å². The van der Waals surface area contributed by atoms with E-state index in [1.54, 1.807) is 0 Å². The van der Waals surface area contributed by atoms with Gasteiger partial charge in [0.1, 0.15) is 0 Å². The molecule has 3 atom stereocenters. The zero-order chi connectivity index (χ0) is 13.3. The molecule has 2 heterocycles. The van der Waals surface area contributed by atoms with Crippen molar-refractivity contribution >= 4 is 18.3 Å². The molecule has 2 N–H and O–H groups in total. The number of hydrogen-bond donors (Lipinski definition) is 2. The zero-order valence-corrected chi connectivity index (χ0v) is 13.3. The van der Waals surface area contributed by atoms with Crippen LogP contribution in [-0.4, -0.2) is 48.6 Å². The highest BCUT2D eigenvalue weighted by molar-refractivity contribution is 5.85. The van der Waals surface area contributed by atoms with Crippen LogP contribution in [0.2, 0.25) is 0 Å². The number of nitrogens with zero attached hydrogens (tertiary/aromatic N) is 1. The van der Waals surface area contributed by atoms with E-state index >= 15 is 0 Å². The van der Waals surface area contributed by atoms with Gasteiger partial charge >= 0.3 is 0 Å². The van der Waals surface area contributed by atoms with Gasteiger partial charge in [-0.3, -0.25) is 9.69 Å². The molecule has 19 heavy (non-hydrogen) atoms. The first-order chi connectivity index (χ1) is 8.37. The van der Waals surface area contributed by atoms with E-state index in [0.29, 0.717) is 0 Å². The van der Waals surface area contributed by atoms with Crippen LogP contribution in [0.3, 0.4) is 0 Å². The first-order valence-corrected chi connectivity index (χ1v) is 7.13. The summed E-state index contributed by atoms with van der Waals surface area (Å²) >= 11 is 0. The highest BCUT2D eigenvalue weighted by Gasteiger charge is 2.36. The normalized spacial score (nSPS) is 29.3. The van der Waals surface area contributed by atoms with Gasteiger partial charge in [0, 0.05) is 12.1 Å². The largest absolute Gasteiger partial charge is 0.350 e. The lowest BCUT2D eigenvalue weighted by Crippen LogP contribution is -2.54. The molecule has 0 aromatic carbocycles. The standard InChI is InChI=1S/C14H27N3O.ClH/c1-10(13(18)16-14(2,3)4)17-6-5-11-7-15-8-12(11)9-17;/h10-12,15H,5-9H2,1-4H3,(H,16,18);1H. The third kappa shape index (κ3) is 4.33. The molecular weight excluding hydrogens is 262 g/mol. The summed E-state index contributed by atoms with van der Waals surface area (Å²) in [4.78, 5) is 14.5. The Balaban J connectivity index is 0.00000180. The van der Waals surface area contributed by atoms with Crippen molar-refractivity contribution in [1.82, 2.24) is 15.5 Å². The average molecular weight is 290 g/mol. The highest BCUT2D eigenvalue weighted by atomic mass is 35.5. The van der Waals surface area contributed by atoms with Crippen LogP contribution in [0.5, 0.6) is 0 Å². The number of carbonyl (C=O) groups excluding carboxylic acids is 1. The SMILES string of the molecule is CC(C(=O)NC(C)(C)C)N1CCC2CNCC2C1.Cl. The molecule has 2 fully saturated rings. The molecule has 0 aromatic rings. The number of carbonyl (C=O) groups is 1. The smallest absolute Gasteiger partial charge is 0.237 e. The molecule has 112 valence electrons. The molecule has 2 rings (SSSR count). The molecule has 0 saturated carbocycles. The molecule has 2 saturated heterocycles. The minimum Gasteiger partial charge on any atom is -0.350 e. The van der Waals surface area contributed by atoms with Gasteiger partial charge in [0.2, 0.25) is 5.91 Å². The van der Waals surface area contributed by atoms with Gasteiger partial charge in [0.15, 0.2) is 0 Å². The molecule has 0 spiro atoms. The summed E-state index contributed by atoms with van der Waals surface area (Å²) in [5, 5.41) is 6.54. The van der Waals surface area contributed by atoms with E-state index in [4.69, 9.17) is 0 Å². The van der Waals surface area contributed by atoms with Crippen molar-refractivity contribution in [3.8, 4) is 0 Å². The van der Waals surface area contributed by atoms with Crippen LogP contribution in [0.4, 0.5) is 0 Å². The lowest BCUT2D eigenvalue weighted by atomic mass is 9.88. The maximum Gasteiger partial charge on any atom is 0.237 e. The molecule has 1 amide bonds. The third-order valence-corrected chi connectivity index (χ3v) is 4.16. The van der Waals surface area contributed by atoms with Crippen LogP contribution in [0.25, 0.3) is 0 Å². The summed E-state index contributed by atoms with van der Waals surface area (Å²) in [6.45, 7) is 12.5. The second kappa shape index (κ2) is 6.42. The molecule has 3 unspecified atom stereocenters. The first-order valence-electron chi connectivity index (χ1n) is 7.13. The van der Waals surface area contributed by atoms with Crippen molar-refractivity contribution in [2.75, 3.05) is 26.2 Å². The van der Waals surface area contributed by atoms with Crippen molar-refractivity contribution in [3.05, 3.63) is 0 Å². The number of piperidine rings is 1. The number of likely N-dealkylation sites (tertiary alicyclic amines) is 1. The molecule has 4 nitrogen and oxygen atoms in total. The van der Waals surface area contributed by atoms with Gasteiger partial charge < -0.3 is 10.6 Å². The molecule has 2 aliphatic rings. The van der Waals surface area contributed by atoms with E-state index in [9.17, 15) is 4.79 Å². The predicted molar refractivity (Wildman–Crippen MR) is 80.6 cm³/mol. The molecule has 0 bridgehead atoms. The molecule has 2 aliphatic heterocycles. The Kier molecular flexibility index (Phi) is 5.65. The first kappa shape index (κ1) is 16.7. The van der Waals surface area contributed by atoms with Crippen molar-refractivity contribution < 1.29 is 4.79 Å². The maximum atomic E-state index is 12.2. The van der Waals surface area contributed by atoms with E-state index in [1.165, 1.54) is 13.0 Å². The molecule has 5 heteroatoms. The van der Waals surface area contributed by atoms with E-state index in [-0.39, 0.29) is 29.9 Å². The lowest BCUT2D eigenvalue weighted by molar-refractivity contribution is -0.128. The Morgan fingerprint density at radius 3 is 2.58 bits per heavy atom. The zero-order valence-electron chi connectivity index (χ0n) is 12.5. The van der Waals surface area contributed by atoms with Crippen molar-refractivity contribution in [2.24, 2.45) is 11.8 Å². The summed E-state index contributed by atoms with van der Waals surface area (Å²) in [7, 11) is 0. The summed E-state index contributed by atoms with van der Waals surface area (Å²) < 4.78 is 0. The van der Waals surface area contributed by atoms with Gasteiger partial charge in [-0.05, 0) is 65.6 Å². The molecule has 0 aliphatic carbocycles. The Labute approximate surface area is 123 Å². The Morgan fingerprint density at radius 1 is 1.32 bits per heavy atom. The highest BCUT2D eigenvalue weighted by Crippen LogP contribution is 2.27. The van der Waals surface area contributed by atoms with Crippen LogP contribution < -0.4 is 10.6 Å². The quantitative estimate of drug-likeness (QED) is 0.804. The van der Waals surface area contributed by atoms with E-state index in [2.05, 4.69) is 15.5 Å². The summed E-state index contributed by atoms with van der Waals surface area (Å²) in [5.41, 5.74) is -0.140. The Bertz CT molecular complexity index is 316. The van der Waals surface area contributed by atoms with Crippen LogP contribution >= 0.6 is 12.4 Å². The van der Waals surface area contributed by atoms with Crippen molar-refractivity contribution in [3.63, 3.8) is 0 Å². The number of halogens is 1. The maximum absolute atomic E-state index is 12.2. The molecular formula is C14H28ClN3O. The summed E-state index contributed by atoms with van der Waals surface area (Å²) in [6.07, 6.45) is 1.23. The molecule has 0 aromatic heterocycles. The number of amides is 1. The van der Waals surface area contributed by atoms with Gasteiger partial charge in [0.05, 0.1) is 6.04 Å². The van der Waals surface area contributed by atoms with Gasteiger partial charge in [0.25, 0.3) is 0 Å². The van der Waals surface area contributed by atoms with Crippen LogP contribution in [0.15, 0.2) is 0 Å². The fourth-order valence-corrected chi connectivity index (χ4v) is 3.05. The van der Waals surface area contributed by atoms with E-state index in [0.717, 1.165) is 31.5 Å². The van der Waals surface area contributed by atoms with Crippen LogP contribution in [0.1, 0.15) is 34.1 Å². The van der Waals surface area contributed by atoms with Crippen LogP contribution in [0, 0.1) is 11.8 Å². The fraction of sp³-hybridized carbons (Fsp3) is 0.929. The van der Waals surface area contributed by atoms with Gasteiger partial charge in [-0.25, -0.2) is 0 Å². The van der Waals surface area contributed by atoms with E-state index in [1.807, 2.05) is 27.7 Å². The predicted octanol–water partition coefficient (Wildman–Crippen LogP) is 1.25. The Hall–Kier alpha value is -0.320. The van der Waals surface area contributed by atoms with Crippen LogP contribution in [-0.2, 0) is 4.79 Å². The topological polar surface area (TPSA) is 44.4 Å². The van der Waals surface area contributed by atoms with E-state index < -0.39 is 0 Å². The third-order valence-electron chi connectivity index (χ3n) is 4.16. The minimum absolute atomic E-state index is 0. The monoisotopic (exact) mass is 289 g/mol. The number of hydrogen-bond acceptors (Lipinski definition) is 3. The summed E-state index contributed by atoms with van der Waals surface area (Å²) in [5.74, 6) is 1.73.